The normalized spacial score (nSPS) is 11.9. The SMILES string of the molecule is CC(C(=O)O)c1ccc(OCc2ccccc2I)cc1. The lowest BCUT2D eigenvalue weighted by molar-refractivity contribution is -0.138. The molecule has 0 aromatic heterocycles. The third kappa shape index (κ3) is 3.72. The summed E-state index contributed by atoms with van der Waals surface area (Å²) in [5, 5.41) is 8.96. The number of carboxylic acid groups (broad SMARTS) is 1. The van der Waals surface area contributed by atoms with E-state index < -0.39 is 11.9 Å². The maximum absolute atomic E-state index is 10.9. The number of carbonyl (C=O) groups is 1. The second kappa shape index (κ2) is 6.74. The van der Waals surface area contributed by atoms with Crippen molar-refractivity contribution in [2.24, 2.45) is 0 Å². The molecule has 0 aliphatic rings. The Morgan fingerprint density at radius 2 is 1.85 bits per heavy atom. The van der Waals surface area contributed by atoms with Gasteiger partial charge in [-0.05, 0) is 53.3 Å². The van der Waals surface area contributed by atoms with E-state index in [9.17, 15) is 4.79 Å². The van der Waals surface area contributed by atoms with E-state index in [1.165, 1.54) is 3.57 Å². The van der Waals surface area contributed by atoms with Gasteiger partial charge in [-0.1, -0.05) is 30.3 Å². The molecule has 20 heavy (non-hydrogen) atoms. The smallest absolute Gasteiger partial charge is 0.310 e. The Bertz CT molecular complexity index is 593. The van der Waals surface area contributed by atoms with E-state index in [0.29, 0.717) is 6.61 Å². The standard InChI is InChI=1S/C16H15IO3/c1-11(16(18)19)12-6-8-14(9-7-12)20-10-13-4-2-3-5-15(13)17/h2-9,11H,10H2,1H3,(H,18,19). The number of ether oxygens (including phenoxy) is 1. The largest absolute Gasteiger partial charge is 0.489 e. The highest BCUT2D eigenvalue weighted by Crippen LogP contribution is 2.21. The number of halogens is 1. The van der Waals surface area contributed by atoms with Crippen LogP contribution < -0.4 is 4.74 Å². The fraction of sp³-hybridized carbons (Fsp3) is 0.188. The summed E-state index contributed by atoms with van der Waals surface area (Å²) >= 11 is 2.28. The van der Waals surface area contributed by atoms with Gasteiger partial charge >= 0.3 is 5.97 Å². The third-order valence-electron chi connectivity index (χ3n) is 3.10. The van der Waals surface area contributed by atoms with Gasteiger partial charge in [0.1, 0.15) is 12.4 Å². The van der Waals surface area contributed by atoms with E-state index in [4.69, 9.17) is 9.84 Å². The Morgan fingerprint density at radius 3 is 2.45 bits per heavy atom. The predicted octanol–water partition coefficient (Wildman–Crippen LogP) is 4.06. The van der Waals surface area contributed by atoms with Crippen molar-refractivity contribution in [2.45, 2.75) is 19.4 Å². The van der Waals surface area contributed by atoms with Gasteiger partial charge in [0.05, 0.1) is 5.92 Å². The minimum absolute atomic E-state index is 0.501. The van der Waals surface area contributed by atoms with Crippen molar-refractivity contribution in [1.82, 2.24) is 0 Å². The molecule has 0 aliphatic heterocycles. The number of rotatable bonds is 5. The van der Waals surface area contributed by atoms with Crippen LogP contribution in [0.25, 0.3) is 0 Å². The highest BCUT2D eigenvalue weighted by atomic mass is 127. The Kier molecular flexibility index (Phi) is 5.00. The molecule has 1 N–H and O–H groups in total. The third-order valence-corrected chi connectivity index (χ3v) is 4.16. The van der Waals surface area contributed by atoms with E-state index in [2.05, 4.69) is 22.6 Å². The first kappa shape index (κ1) is 14.8. The molecule has 0 bridgehead atoms. The summed E-state index contributed by atoms with van der Waals surface area (Å²) in [6, 6.07) is 15.3. The average Bonchev–Trinajstić information content (AvgIpc) is 2.46. The molecule has 1 unspecified atom stereocenters. The lowest BCUT2D eigenvalue weighted by atomic mass is 10.0. The van der Waals surface area contributed by atoms with Crippen LogP contribution in [-0.2, 0) is 11.4 Å². The highest BCUT2D eigenvalue weighted by Gasteiger charge is 2.13. The molecule has 2 aromatic rings. The Labute approximate surface area is 131 Å². The van der Waals surface area contributed by atoms with Gasteiger partial charge in [-0.2, -0.15) is 0 Å². The van der Waals surface area contributed by atoms with E-state index in [1.54, 1.807) is 19.1 Å². The van der Waals surface area contributed by atoms with Crippen molar-refractivity contribution in [2.75, 3.05) is 0 Å². The van der Waals surface area contributed by atoms with Gasteiger partial charge in [-0.15, -0.1) is 0 Å². The van der Waals surface area contributed by atoms with Crippen molar-refractivity contribution in [3.8, 4) is 5.75 Å². The second-order valence-corrected chi connectivity index (χ2v) is 5.67. The molecule has 3 nitrogen and oxygen atoms in total. The van der Waals surface area contributed by atoms with Gasteiger partial charge in [0, 0.05) is 9.13 Å². The number of aliphatic carboxylic acids is 1. The predicted molar refractivity (Wildman–Crippen MR) is 86.0 cm³/mol. The van der Waals surface area contributed by atoms with Crippen molar-refractivity contribution in [3.63, 3.8) is 0 Å². The van der Waals surface area contributed by atoms with Gasteiger partial charge in [-0.25, -0.2) is 0 Å². The molecule has 1 atom stereocenters. The first-order chi connectivity index (χ1) is 9.58. The first-order valence-electron chi connectivity index (χ1n) is 6.27. The Balaban J connectivity index is 2.01. The fourth-order valence-corrected chi connectivity index (χ4v) is 2.31. The van der Waals surface area contributed by atoms with Gasteiger partial charge < -0.3 is 9.84 Å². The number of hydrogen-bond acceptors (Lipinski definition) is 2. The molecule has 0 amide bonds. The molecular weight excluding hydrogens is 367 g/mol. The maximum atomic E-state index is 10.9. The summed E-state index contributed by atoms with van der Waals surface area (Å²) in [6.45, 7) is 2.18. The molecule has 0 saturated carbocycles. The molecule has 0 radical (unpaired) electrons. The lowest BCUT2D eigenvalue weighted by Crippen LogP contribution is -2.07. The molecule has 2 aromatic carbocycles. The second-order valence-electron chi connectivity index (χ2n) is 4.51. The van der Waals surface area contributed by atoms with Crippen molar-refractivity contribution < 1.29 is 14.6 Å². The van der Waals surface area contributed by atoms with Crippen LogP contribution in [0.1, 0.15) is 24.0 Å². The summed E-state index contributed by atoms with van der Waals surface area (Å²) in [6.07, 6.45) is 0. The van der Waals surface area contributed by atoms with Crippen LogP contribution in [0.5, 0.6) is 5.75 Å². The van der Waals surface area contributed by atoms with Gasteiger partial charge in [0.2, 0.25) is 0 Å². The molecule has 0 heterocycles. The van der Waals surface area contributed by atoms with Crippen molar-refractivity contribution >= 4 is 28.6 Å². The zero-order valence-corrected chi connectivity index (χ0v) is 13.2. The van der Waals surface area contributed by atoms with Gasteiger partial charge in [-0.3, -0.25) is 4.79 Å². The van der Waals surface area contributed by atoms with Crippen LogP contribution in [0.15, 0.2) is 48.5 Å². The number of carboxylic acids is 1. The minimum Gasteiger partial charge on any atom is -0.489 e. The molecule has 0 fully saturated rings. The van der Waals surface area contributed by atoms with Gasteiger partial charge in [0.25, 0.3) is 0 Å². The van der Waals surface area contributed by atoms with Crippen molar-refractivity contribution in [1.29, 1.82) is 0 Å². The van der Waals surface area contributed by atoms with E-state index in [-0.39, 0.29) is 0 Å². The Morgan fingerprint density at radius 1 is 1.20 bits per heavy atom. The van der Waals surface area contributed by atoms with Crippen LogP contribution in [0.3, 0.4) is 0 Å². The minimum atomic E-state index is -0.822. The van der Waals surface area contributed by atoms with E-state index >= 15 is 0 Å². The van der Waals surface area contributed by atoms with E-state index in [0.717, 1.165) is 16.9 Å². The highest BCUT2D eigenvalue weighted by molar-refractivity contribution is 14.1. The summed E-state index contributed by atoms with van der Waals surface area (Å²) in [4.78, 5) is 10.9. The summed E-state index contributed by atoms with van der Waals surface area (Å²) in [7, 11) is 0. The zero-order valence-electron chi connectivity index (χ0n) is 11.0. The quantitative estimate of drug-likeness (QED) is 0.794. The molecule has 0 aliphatic carbocycles. The van der Waals surface area contributed by atoms with Crippen molar-refractivity contribution in [3.05, 3.63) is 63.2 Å². The maximum Gasteiger partial charge on any atom is 0.310 e. The van der Waals surface area contributed by atoms with Crippen LogP contribution >= 0.6 is 22.6 Å². The van der Waals surface area contributed by atoms with Crippen LogP contribution in [-0.4, -0.2) is 11.1 Å². The topological polar surface area (TPSA) is 46.5 Å². The van der Waals surface area contributed by atoms with Gasteiger partial charge in [0.15, 0.2) is 0 Å². The molecular formula is C16H15IO3. The molecule has 104 valence electrons. The monoisotopic (exact) mass is 382 g/mol. The first-order valence-corrected chi connectivity index (χ1v) is 7.35. The molecule has 0 spiro atoms. The Hall–Kier alpha value is -1.56. The van der Waals surface area contributed by atoms with E-state index in [1.807, 2.05) is 36.4 Å². The lowest BCUT2D eigenvalue weighted by Gasteiger charge is -2.10. The number of benzene rings is 2. The fourth-order valence-electron chi connectivity index (χ4n) is 1.77. The zero-order chi connectivity index (χ0) is 14.5. The van der Waals surface area contributed by atoms with Crippen LogP contribution in [0, 0.1) is 3.57 Å². The molecule has 2 rings (SSSR count). The van der Waals surface area contributed by atoms with Crippen LogP contribution in [0.4, 0.5) is 0 Å². The summed E-state index contributed by atoms with van der Waals surface area (Å²) < 4.78 is 6.88. The molecule has 0 saturated heterocycles. The average molecular weight is 382 g/mol. The van der Waals surface area contributed by atoms with Crippen LogP contribution in [0.2, 0.25) is 0 Å². The summed E-state index contributed by atoms with van der Waals surface area (Å²) in [5.74, 6) is -0.581. The number of hydrogen-bond donors (Lipinski definition) is 1. The summed E-state index contributed by atoms with van der Waals surface area (Å²) in [5.41, 5.74) is 1.91. The molecule has 4 heteroatoms.